The van der Waals surface area contributed by atoms with Gasteiger partial charge in [0.05, 0.1) is 19.6 Å². The lowest BCUT2D eigenvalue weighted by Gasteiger charge is -2.36. The van der Waals surface area contributed by atoms with Crippen LogP contribution in [0.4, 0.5) is 0 Å². The van der Waals surface area contributed by atoms with Crippen LogP contribution in [0.1, 0.15) is 50.7 Å². The minimum Gasteiger partial charge on any atom is -0.497 e. The van der Waals surface area contributed by atoms with Crippen molar-refractivity contribution in [3.05, 3.63) is 65.7 Å². The smallest absolute Gasteiger partial charge is 0.309 e. The van der Waals surface area contributed by atoms with Crippen LogP contribution in [-0.2, 0) is 16.0 Å². The van der Waals surface area contributed by atoms with Crippen LogP contribution in [0.5, 0.6) is 11.5 Å². The molecule has 3 unspecified atom stereocenters. The Bertz CT molecular complexity index is 992. The zero-order valence-electron chi connectivity index (χ0n) is 22.1. The Labute approximate surface area is 216 Å². The van der Waals surface area contributed by atoms with Gasteiger partial charge in [0.2, 0.25) is 0 Å². The fourth-order valence-corrected chi connectivity index (χ4v) is 5.61. The Morgan fingerprint density at radius 2 is 1.67 bits per heavy atom. The summed E-state index contributed by atoms with van der Waals surface area (Å²) in [5.74, 6) is 1.95. The molecular weight excluding hydrogens is 450 g/mol. The second-order valence-electron chi connectivity index (χ2n) is 10.0. The number of benzene rings is 2. The average molecular weight is 492 g/mol. The van der Waals surface area contributed by atoms with Crippen molar-refractivity contribution in [1.29, 1.82) is 0 Å². The van der Waals surface area contributed by atoms with Crippen molar-refractivity contribution in [3.8, 4) is 11.5 Å². The van der Waals surface area contributed by atoms with Crippen molar-refractivity contribution < 1.29 is 19.0 Å². The molecular formula is C31H41NO4. The van der Waals surface area contributed by atoms with Crippen LogP contribution in [0.2, 0.25) is 0 Å². The molecule has 1 aliphatic carbocycles. The van der Waals surface area contributed by atoms with Crippen molar-refractivity contribution in [1.82, 2.24) is 4.90 Å². The highest BCUT2D eigenvalue weighted by Crippen LogP contribution is 2.42. The molecule has 2 aromatic carbocycles. The summed E-state index contributed by atoms with van der Waals surface area (Å²) in [5.41, 5.74) is 3.74. The Balaban J connectivity index is 1.45. The molecule has 5 nitrogen and oxygen atoms in total. The van der Waals surface area contributed by atoms with Crippen molar-refractivity contribution in [3.63, 3.8) is 0 Å². The van der Waals surface area contributed by atoms with E-state index in [1.807, 2.05) is 19.1 Å². The molecule has 4 rings (SSSR count). The number of hydrogen-bond acceptors (Lipinski definition) is 5. The lowest BCUT2D eigenvalue weighted by molar-refractivity contribution is -0.150. The number of hydrogen-bond donors (Lipinski definition) is 0. The molecule has 36 heavy (non-hydrogen) atoms. The minimum atomic E-state index is -0.116. The summed E-state index contributed by atoms with van der Waals surface area (Å²) in [6, 6.07) is 16.8. The highest BCUT2D eigenvalue weighted by molar-refractivity contribution is 5.77. The van der Waals surface area contributed by atoms with Gasteiger partial charge < -0.3 is 14.2 Å². The number of carbonyl (C=O) groups excluding carboxylic acids is 1. The third-order valence-corrected chi connectivity index (χ3v) is 7.78. The van der Waals surface area contributed by atoms with E-state index in [4.69, 9.17) is 14.2 Å². The molecule has 0 N–H and O–H groups in total. The standard InChI is InChI=1S/C31H41NO4/c1-4-35-31(33)28-16-17-29(25-10-14-26(34-3)15-11-25)30(23(28)2)22-24-8-12-27(13-9-24)36-21-20-32-18-6-5-7-19-32/h8-15,17,23,28,30H,4-7,16,18-22H2,1-3H3. The van der Waals surface area contributed by atoms with E-state index < -0.39 is 0 Å². The third kappa shape index (κ3) is 6.70. The van der Waals surface area contributed by atoms with Crippen LogP contribution in [0.3, 0.4) is 0 Å². The SMILES string of the molecule is CCOC(=O)C1CC=C(c2ccc(OC)cc2)C(Cc2ccc(OCCN3CCCCC3)cc2)C1C. The summed E-state index contributed by atoms with van der Waals surface area (Å²) in [6.45, 7) is 8.59. The number of allylic oxidation sites excluding steroid dienone is 2. The fourth-order valence-electron chi connectivity index (χ4n) is 5.61. The first-order chi connectivity index (χ1) is 17.6. The normalized spacial score (nSPS) is 22.5. The zero-order chi connectivity index (χ0) is 25.3. The lowest BCUT2D eigenvalue weighted by Crippen LogP contribution is -2.33. The third-order valence-electron chi connectivity index (χ3n) is 7.78. The van der Waals surface area contributed by atoms with Crippen molar-refractivity contribution >= 4 is 11.5 Å². The van der Waals surface area contributed by atoms with E-state index in [-0.39, 0.29) is 23.7 Å². The maximum absolute atomic E-state index is 12.7. The molecule has 2 aliphatic rings. The topological polar surface area (TPSA) is 48.0 Å². The Hall–Kier alpha value is -2.79. The molecule has 3 atom stereocenters. The molecule has 1 fully saturated rings. The van der Waals surface area contributed by atoms with Gasteiger partial charge in [-0.05, 0) is 98.5 Å². The van der Waals surface area contributed by atoms with E-state index in [0.717, 1.165) is 31.1 Å². The number of carbonyl (C=O) groups is 1. The van der Waals surface area contributed by atoms with Crippen LogP contribution < -0.4 is 9.47 Å². The molecule has 1 aliphatic heterocycles. The predicted octanol–water partition coefficient (Wildman–Crippen LogP) is 6.02. The first kappa shape index (κ1) is 26.3. The molecule has 0 bridgehead atoms. The molecule has 0 aromatic heterocycles. The quantitative estimate of drug-likeness (QED) is 0.380. The van der Waals surface area contributed by atoms with E-state index in [1.54, 1.807) is 7.11 Å². The second-order valence-corrected chi connectivity index (χ2v) is 10.0. The second kappa shape index (κ2) is 13.0. The maximum atomic E-state index is 12.7. The highest BCUT2D eigenvalue weighted by atomic mass is 16.5. The molecule has 194 valence electrons. The zero-order valence-corrected chi connectivity index (χ0v) is 22.1. The fraction of sp³-hybridized carbons (Fsp3) is 0.516. The first-order valence-corrected chi connectivity index (χ1v) is 13.5. The summed E-state index contributed by atoms with van der Waals surface area (Å²) < 4.78 is 16.8. The summed E-state index contributed by atoms with van der Waals surface area (Å²) in [7, 11) is 1.69. The molecule has 0 saturated carbocycles. The number of nitrogens with zero attached hydrogens (tertiary/aromatic N) is 1. The molecule has 0 spiro atoms. The van der Waals surface area contributed by atoms with Gasteiger partial charge in [-0.1, -0.05) is 43.7 Å². The number of ether oxygens (including phenoxy) is 3. The summed E-state index contributed by atoms with van der Waals surface area (Å²) in [4.78, 5) is 15.2. The largest absolute Gasteiger partial charge is 0.497 e. The van der Waals surface area contributed by atoms with E-state index in [2.05, 4.69) is 54.3 Å². The van der Waals surface area contributed by atoms with Crippen LogP contribution in [-0.4, -0.2) is 50.8 Å². The van der Waals surface area contributed by atoms with Gasteiger partial charge in [0.25, 0.3) is 0 Å². The van der Waals surface area contributed by atoms with E-state index in [1.165, 1.54) is 49.1 Å². The maximum Gasteiger partial charge on any atom is 0.309 e. The number of esters is 1. The number of rotatable bonds is 10. The van der Waals surface area contributed by atoms with Crippen LogP contribution in [0.15, 0.2) is 54.6 Å². The number of piperidine rings is 1. The average Bonchev–Trinajstić information content (AvgIpc) is 2.91. The van der Waals surface area contributed by atoms with E-state index >= 15 is 0 Å². The van der Waals surface area contributed by atoms with Gasteiger partial charge >= 0.3 is 5.97 Å². The number of likely N-dealkylation sites (tertiary alicyclic amines) is 1. The Morgan fingerprint density at radius 3 is 2.33 bits per heavy atom. The van der Waals surface area contributed by atoms with Gasteiger partial charge in [0, 0.05) is 6.54 Å². The monoisotopic (exact) mass is 491 g/mol. The minimum absolute atomic E-state index is 0.0857. The van der Waals surface area contributed by atoms with Gasteiger partial charge in [0.15, 0.2) is 0 Å². The lowest BCUT2D eigenvalue weighted by atomic mass is 9.69. The van der Waals surface area contributed by atoms with Crippen molar-refractivity contribution in [2.24, 2.45) is 17.8 Å². The Kier molecular flexibility index (Phi) is 9.46. The summed E-state index contributed by atoms with van der Waals surface area (Å²) >= 11 is 0. The summed E-state index contributed by atoms with van der Waals surface area (Å²) in [5, 5.41) is 0. The predicted molar refractivity (Wildman–Crippen MR) is 144 cm³/mol. The summed E-state index contributed by atoms with van der Waals surface area (Å²) in [6.07, 6.45) is 7.78. The van der Waals surface area contributed by atoms with E-state index in [9.17, 15) is 4.79 Å². The molecule has 0 radical (unpaired) electrons. The molecule has 1 heterocycles. The van der Waals surface area contributed by atoms with Crippen LogP contribution in [0, 0.1) is 17.8 Å². The molecule has 2 aromatic rings. The van der Waals surface area contributed by atoms with Gasteiger partial charge in [-0.25, -0.2) is 0 Å². The first-order valence-electron chi connectivity index (χ1n) is 13.5. The van der Waals surface area contributed by atoms with Gasteiger partial charge in [-0.3, -0.25) is 9.69 Å². The number of methoxy groups -OCH3 is 1. The Morgan fingerprint density at radius 1 is 0.972 bits per heavy atom. The molecule has 5 heteroatoms. The molecule has 1 saturated heterocycles. The van der Waals surface area contributed by atoms with Gasteiger partial charge in [-0.15, -0.1) is 0 Å². The van der Waals surface area contributed by atoms with Crippen molar-refractivity contribution in [2.75, 3.05) is 40.0 Å². The van der Waals surface area contributed by atoms with Gasteiger partial charge in [-0.2, -0.15) is 0 Å². The van der Waals surface area contributed by atoms with Crippen LogP contribution in [0.25, 0.3) is 5.57 Å². The van der Waals surface area contributed by atoms with Gasteiger partial charge in [0.1, 0.15) is 18.1 Å². The van der Waals surface area contributed by atoms with E-state index in [0.29, 0.717) is 13.0 Å². The highest BCUT2D eigenvalue weighted by Gasteiger charge is 2.37. The van der Waals surface area contributed by atoms with Crippen LogP contribution >= 0.6 is 0 Å². The van der Waals surface area contributed by atoms with Crippen molar-refractivity contribution in [2.45, 2.75) is 46.0 Å². The molecule has 0 amide bonds.